The van der Waals surface area contributed by atoms with E-state index in [4.69, 9.17) is 0 Å². The van der Waals surface area contributed by atoms with Crippen molar-refractivity contribution in [3.8, 4) is 0 Å². The number of benzene rings is 1. The largest absolute Gasteiger partial charge is 0.469 e. The van der Waals surface area contributed by atoms with E-state index in [1.807, 2.05) is 24.3 Å². The van der Waals surface area contributed by atoms with Gasteiger partial charge in [-0.15, -0.1) is 0 Å². The number of hydrogen-bond donors (Lipinski definition) is 1. The van der Waals surface area contributed by atoms with Crippen LogP contribution in [0.3, 0.4) is 0 Å². The number of methoxy groups -OCH3 is 1. The summed E-state index contributed by atoms with van der Waals surface area (Å²) in [7, 11) is 1.34. The quantitative estimate of drug-likeness (QED) is 0.791. The van der Waals surface area contributed by atoms with Crippen LogP contribution in [0.15, 0.2) is 24.3 Å². The summed E-state index contributed by atoms with van der Waals surface area (Å²) in [6, 6.07) is 7.79. The van der Waals surface area contributed by atoms with Crippen LogP contribution in [0.2, 0.25) is 0 Å². The number of rotatable bonds is 4. The Morgan fingerprint density at radius 2 is 2.19 bits per heavy atom. The molecule has 0 heterocycles. The molecule has 3 nitrogen and oxygen atoms in total. The summed E-state index contributed by atoms with van der Waals surface area (Å²) < 4.78 is 4.56. The highest BCUT2D eigenvalue weighted by atomic mass is 16.5. The number of esters is 1. The molecular weight excluding hydrogens is 204 g/mol. The molecule has 0 aliphatic heterocycles. The van der Waals surface area contributed by atoms with E-state index in [-0.39, 0.29) is 12.4 Å². The van der Waals surface area contributed by atoms with Gasteiger partial charge in [0.15, 0.2) is 0 Å². The van der Waals surface area contributed by atoms with Gasteiger partial charge >= 0.3 is 5.97 Å². The van der Waals surface area contributed by atoms with Crippen LogP contribution < -0.4 is 0 Å². The molecule has 0 saturated heterocycles. The molecular formula is C13H16O3. The van der Waals surface area contributed by atoms with Crippen LogP contribution in [-0.2, 0) is 9.53 Å². The Hall–Kier alpha value is -1.35. The monoisotopic (exact) mass is 220 g/mol. The highest BCUT2D eigenvalue weighted by Gasteiger charge is 2.28. The van der Waals surface area contributed by atoms with Gasteiger partial charge in [-0.2, -0.15) is 0 Å². The Balaban J connectivity index is 2.15. The third kappa shape index (κ3) is 2.42. The molecule has 0 bridgehead atoms. The third-order valence-corrected chi connectivity index (χ3v) is 2.96. The van der Waals surface area contributed by atoms with Crippen LogP contribution in [0.25, 0.3) is 0 Å². The van der Waals surface area contributed by atoms with Crippen LogP contribution in [0.1, 0.15) is 42.4 Å². The number of carbonyl (C=O) groups is 1. The minimum absolute atomic E-state index is 0.0280. The van der Waals surface area contributed by atoms with Crippen molar-refractivity contribution in [2.45, 2.75) is 31.3 Å². The molecule has 1 aliphatic carbocycles. The van der Waals surface area contributed by atoms with Crippen molar-refractivity contribution in [3.05, 3.63) is 35.4 Å². The topological polar surface area (TPSA) is 46.5 Å². The number of ether oxygens (including phenoxy) is 1. The summed E-state index contributed by atoms with van der Waals surface area (Å²) in [5.74, 6) is 0.196. The Kier molecular flexibility index (Phi) is 3.25. The van der Waals surface area contributed by atoms with Crippen molar-refractivity contribution in [3.63, 3.8) is 0 Å². The summed E-state index contributed by atoms with van der Waals surface area (Å²) >= 11 is 0. The summed E-state index contributed by atoms with van der Waals surface area (Å²) in [5.41, 5.74) is 2.05. The highest BCUT2D eigenvalue weighted by Crippen LogP contribution is 2.43. The molecule has 0 aromatic heterocycles. The lowest BCUT2D eigenvalue weighted by molar-refractivity contribution is -0.142. The molecule has 0 unspecified atom stereocenters. The van der Waals surface area contributed by atoms with Gasteiger partial charge in [-0.1, -0.05) is 24.3 Å². The summed E-state index contributed by atoms with van der Waals surface area (Å²) in [5, 5.41) is 9.98. The zero-order valence-corrected chi connectivity index (χ0v) is 9.35. The average molecular weight is 220 g/mol. The molecule has 0 radical (unpaired) electrons. The minimum Gasteiger partial charge on any atom is -0.469 e. The lowest BCUT2D eigenvalue weighted by Gasteiger charge is -2.14. The van der Waals surface area contributed by atoms with E-state index in [0.29, 0.717) is 5.92 Å². The third-order valence-electron chi connectivity index (χ3n) is 2.96. The van der Waals surface area contributed by atoms with Gasteiger partial charge in [-0.25, -0.2) is 0 Å². The molecule has 1 saturated carbocycles. The SMILES string of the molecule is COC(=O)C[C@@H](O)c1ccccc1C1CC1. The van der Waals surface area contributed by atoms with Crippen molar-refractivity contribution >= 4 is 5.97 Å². The molecule has 2 rings (SSSR count). The van der Waals surface area contributed by atoms with E-state index in [0.717, 1.165) is 5.56 Å². The minimum atomic E-state index is -0.746. The molecule has 1 fully saturated rings. The van der Waals surface area contributed by atoms with Crippen LogP contribution in [0.4, 0.5) is 0 Å². The molecule has 86 valence electrons. The predicted molar refractivity (Wildman–Crippen MR) is 60.0 cm³/mol. The molecule has 0 spiro atoms. The highest BCUT2D eigenvalue weighted by molar-refractivity contribution is 5.70. The smallest absolute Gasteiger partial charge is 0.308 e. The van der Waals surface area contributed by atoms with Gasteiger partial charge in [0.2, 0.25) is 0 Å². The van der Waals surface area contributed by atoms with E-state index in [1.165, 1.54) is 25.5 Å². The predicted octanol–water partition coefficient (Wildman–Crippen LogP) is 2.16. The number of carbonyl (C=O) groups excluding carboxylic acids is 1. The van der Waals surface area contributed by atoms with Gasteiger partial charge in [0.1, 0.15) is 0 Å². The van der Waals surface area contributed by atoms with Crippen LogP contribution in [0.5, 0.6) is 0 Å². The summed E-state index contributed by atoms with van der Waals surface area (Å²) in [4.78, 5) is 11.1. The second-order valence-corrected chi connectivity index (χ2v) is 4.20. The zero-order valence-electron chi connectivity index (χ0n) is 9.35. The van der Waals surface area contributed by atoms with Crippen LogP contribution in [0, 0.1) is 0 Å². The first-order chi connectivity index (χ1) is 7.72. The zero-order chi connectivity index (χ0) is 11.5. The van der Waals surface area contributed by atoms with Crippen molar-refractivity contribution in [2.75, 3.05) is 7.11 Å². The Labute approximate surface area is 95.0 Å². The van der Waals surface area contributed by atoms with Gasteiger partial charge in [-0.05, 0) is 29.9 Å². The number of aliphatic hydroxyl groups excluding tert-OH is 1. The van der Waals surface area contributed by atoms with Crippen molar-refractivity contribution in [1.29, 1.82) is 0 Å². The number of aliphatic hydroxyl groups is 1. The molecule has 1 aliphatic rings. The first kappa shape index (κ1) is 11.1. The van der Waals surface area contributed by atoms with Gasteiger partial charge in [-0.3, -0.25) is 4.79 Å². The normalized spacial score (nSPS) is 16.9. The lowest BCUT2D eigenvalue weighted by Crippen LogP contribution is -2.09. The second-order valence-electron chi connectivity index (χ2n) is 4.20. The van der Waals surface area contributed by atoms with E-state index in [9.17, 15) is 9.90 Å². The molecule has 3 heteroatoms. The number of hydrogen-bond acceptors (Lipinski definition) is 3. The van der Waals surface area contributed by atoms with E-state index in [1.54, 1.807) is 0 Å². The fourth-order valence-corrected chi connectivity index (χ4v) is 1.93. The fraction of sp³-hybridized carbons (Fsp3) is 0.462. The maximum absolute atomic E-state index is 11.1. The maximum atomic E-state index is 11.1. The maximum Gasteiger partial charge on any atom is 0.308 e. The van der Waals surface area contributed by atoms with Crippen LogP contribution >= 0.6 is 0 Å². The molecule has 1 atom stereocenters. The average Bonchev–Trinajstić information content (AvgIpc) is 3.12. The fourth-order valence-electron chi connectivity index (χ4n) is 1.93. The van der Waals surface area contributed by atoms with Crippen LogP contribution in [-0.4, -0.2) is 18.2 Å². The Bertz CT molecular complexity index is 383. The Morgan fingerprint density at radius 3 is 2.81 bits per heavy atom. The first-order valence-electron chi connectivity index (χ1n) is 5.56. The van der Waals surface area contributed by atoms with Gasteiger partial charge in [0, 0.05) is 0 Å². The summed E-state index contributed by atoms with van der Waals surface area (Å²) in [6.45, 7) is 0. The van der Waals surface area contributed by atoms with Gasteiger partial charge < -0.3 is 9.84 Å². The van der Waals surface area contributed by atoms with E-state index >= 15 is 0 Å². The Morgan fingerprint density at radius 1 is 1.50 bits per heavy atom. The van der Waals surface area contributed by atoms with E-state index in [2.05, 4.69) is 4.74 Å². The standard InChI is InChI=1S/C13H16O3/c1-16-13(15)8-12(14)11-5-3-2-4-10(11)9-6-7-9/h2-5,9,12,14H,6-8H2,1H3/t12-/m1/s1. The second kappa shape index (κ2) is 4.66. The molecule has 16 heavy (non-hydrogen) atoms. The molecule has 1 aromatic carbocycles. The lowest BCUT2D eigenvalue weighted by atomic mass is 9.97. The summed E-state index contributed by atoms with van der Waals surface area (Å²) in [6.07, 6.45) is 1.65. The van der Waals surface area contributed by atoms with E-state index < -0.39 is 6.10 Å². The van der Waals surface area contributed by atoms with Gasteiger partial charge in [0.25, 0.3) is 0 Å². The molecule has 0 amide bonds. The first-order valence-corrected chi connectivity index (χ1v) is 5.56. The van der Waals surface area contributed by atoms with Gasteiger partial charge in [0.05, 0.1) is 19.6 Å². The molecule has 1 N–H and O–H groups in total. The molecule has 1 aromatic rings. The van der Waals surface area contributed by atoms with Crippen molar-refractivity contribution < 1.29 is 14.6 Å². The van der Waals surface area contributed by atoms with Crippen molar-refractivity contribution in [2.24, 2.45) is 0 Å². The van der Waals surface area contributed by atoms with Crippen molar-refractivity contribution in [1.82, 2.24) is 0 Å².